The van der Waals surface area contributed by atoms with Gasteiger partial charge in [-0.3, -0.25) is 14.5 Å². The molecule has 3 aromatic carbocycles. The Morgan fingerprint density at radius 3 is 2.15 bits per heavy atom. The topological polar surface area (TPSA) is 124 Å². The Balaban J connectivity index is 1.17. The zero-order valence-corrected chi connectivity index (χ0v) is 21.9. The minimum absolute atomic E-state index is 0.0641. The molecule has 0 radical (unpaired) electrons. The molecule has 9 heteroatoms. The van der Waals surface area contributed by atoms with Gasteiger partial charge in [0.2, 0.25) is 0 Å². The van der Waals surface area contributed by atoms with Gasteiger partial charge in [-0.1, -0.05) is 0 Å². The molecule has 202 valence electrons. The van der Waals surface area contributed by atoms with E-state index in [9.17, 15) is 20.0 Å². The first-order valence-electron chi connectivity index (χ1n) is 13.1. The number of carbonyl (C=O) groups excluding carboxylic acids is 2. The second-order valence-electron chi connectivity index (χ2n) is 9.60. The standard InChI is InChI=1S/C31H30N6O3/c32-17-21-37(31(40)29-2-1-18-33-29)27-13-9-24(10-14-27)34-23-5-7-25(8-6-23)35-30(39)22-3-11-26(12-4-22)36-19-15-28(38)16-20-36/h1-14,18,28,33-34,38H,15-16,19-21H2,(H,35,39). The van der Waals surface area contributed by atoms with Crippen molar-refractivity contribution in [2.24, 2.45) is 0 Å². The summed E-state index contributed by atoms with van der Waals surface area (Å²) in [7, 11) is 0. The van der Waals surface area contributed by atoms with Gasteiger partial charge in [-0.2, -0.15) is 5.26 Å². The maximum atomic E-state index is 12.8. The number of anilines is 5. The number of aromatic amines is 1. The molecule has 0 unspecified atom stereocenters. The number of piperidine rings is 1. The lowest BCUT2D eigenvalue weighted by molar-refractivity contribution is 0.0984. The number of hydrogen-bond donors (Lipinski definition) is 4. The molecule has 5 rings (SSSR count). The molecular formula is C31H30N6O3. The molecule has 2 amide bonds. The van der Waals surface area contributed by atoms with Gasteiger partial charge in [0.05, 0.1) is 12.2 Å². The summed E-state index contributed by atoms with van der Waals surface area (Å²) in [5.74, 6) is -0.462. The summed E-state index contributed by atoms with van der Waals surface area (Å²) >= 11 is 0. The SMILES string of the molecule is N#CCN(C(=O)c1ccc[nH]1)c1ccc(Nc2ccc(NC(=O)c3ccc(N4CCC(O)CC4)cc3)cc2)cc1. The lowest BCUT2D eigenvalue weighted by atomic mass is 10.1. The number of nitrogens with zero attached hydrogens (tertiary/aromatic N) is 3. The molecule has 0 aliphatic carbocycles. The van der Waals surface area contributed by atoms with Gasteiger partial charge in [0.25, 0.3) is 11.8 Å². The smallest absolute Gasteiger partial charge is 0.275 e. The fraction of sp³-hybridized carbons (Fsp3) is 0.194. The van der Waals surface area contributed by atoms with Crippen LogP contribution in [0, 0.1) is 11.3 Å². The summed E-state index contributed by atoms with van der Waals surface area (Å²) in [6.45, 7) is 1.56. The van der Waals surface area contributed by atoms with E-state index in [4.69, 9.17) is 0 Å². The number of benzene rings is 3. The van der Waals surface area contributed by atoms with E-state index in [2.05, 4.69) is 20.5 Å². The number of hydrogen-bond acceptors (Lipinski definition) is 6. The van der Waals surface area contributed by atoms with Crippen LogP contribution in [-0.4, -0.2) is 47.6 Å². The Kier molecular flexibility index (Phi) is 8.09. The predicted molar refractivity (Wildman–Crippen MR) is 156 cm³/mol. The first kappa shape index (κ1) is 26.5. The lowest BCUT2D eigenvalue weighted by Gasteiger charge is -2.31. The summed E-state index contributed by atoms with van der Waals surface area (Å²) in [4.78, 5) is 32.0. The van der Waals surface area contributed by atoms with Crippen molar-refractivity contribution in [1.29, 1.82) is 5.26 Å². The monoisotopic (exact) mass is 534 g/mol. The molecule has 0 spiro atoms. The summed E-state index contributed by atoms with van der Waals surface area (Å²) in [6.07, 6.45) is 2.97. The summed E-state index contributed by atoms with van der Waals surface area (Å²) < 4.78 is 0. The number of carbonyl (C=O) groups is 2. The minimum atomic E-state index is -0.274. The molecular weight excluding hydrogens is 504 g/mol. The minimum Gasteiger partial charge on any atom is -0.393 e. The van der Waals surface area contributed by atoms with Crippen molar-refractivity contribution in [2.75, 3.05) is 40.1 Å². The fourth-order valence-electron chi connectivity index (χ4n) is 4.64. The Morgan fingerprint density at radius 2 is 1.55 bits per heavy atom. The number of aromatic nitrogens is 1. The third kappa shape index (κ3) is 6.31. The third-order valence-corrected chi connectivity index (χ3v) is 6.87. The highest BCUT2D eigenvalue weighted by Gasteiger charge is 2.19. The lowest BCUT2D eigenvalue weighted by Crippen LogP contribution is -2.35. The summed E-state index contributed by atoms with van der Waals surface area (Å²) in [5, 5.41) is 25.1. The van der Waals surface area contributed by atoms with Crippen LogP contribution >= 0.6 is 0 Å². The average Bonchev–Trinajstić information content (AvgIpc) is 3.53. The molecule has 1 aromatic heterocycles. The molecule has 1 aliphatic rings. The average molecular weight is 535 g/mol. The van der Waals surface area contributed by atoms with E-state index in [0.29, 0.717) is 22.6 Å². The van der Waals surface area contributed by atoms with Gasteiger partial charge in [-0.25, -0.2) is 0 Å². The molecule has 0 saturated carbocycles. The second-order valence-corrected chi connectivity index (χ2v) is 9.60. The van der Waals surface area contributed by atoms with Crippen LogP contribution in [0.3, 0.4) is 0 Å². The van der Waals surface area contributed by atoms with Crippen LogP contribution in [0.1, 0.15) is 33.7 Å². The van der Waals surface area contributed by atoms with Crippen LogP contribution in [0.25, 0.3) is 0 Å². The van der Waals surface area contributed by atoms with Gasteiger partial charge in [0.15, 0.2) is 0 Å². The highest BCUT2D eigenvalue weighted by atomic mass is 16.3. The summed E-state index contributed by atoms with van der Waals surface area (Å²) in [6, 6.07) is 27.6. The van der Waals surface area contributed by atoms with Crippen molar-refractivity contribution in [2.45, 2.75) is 18.9 Å². The Bertz CT molecular complexity index is 1470. The third-order valence-electron chi connectivity index (χ3n) is 6.87. The highest BCUT2D eigenvalue weighted by molar-refractivity contribution is 6.05. The molecule has 1 aliphatic heterocycles. The van der Waals surface area contributed by atoms with E-state index in [0.717, 1.165) is 43.0 Å². The fourth-order valence-corrected chi connectivity index (χ4v) is 4.64. The van der Waals surface area contributed by atoms with Crippen LogP contribution in [0.4, 0.5) is 28.4 Å². The first-order chi connectivity index (χ1) is 19.5. The normalized spacial score (nSPS) is 13.3. The number of nitriles is 1. The number of aliphatic hydroxyl groups is 1. The molecule has 1 fully saturated rings. The molecule has 9 nitrogen and oxygen atoms in total. The van der Waals surface area contributed by atoms with Gasteiger partial charge in [0, 0.05) is 53.3 Å². The van der Waals surface area contributed by atoms with Crippen LogP contribution in [-0.2, 0) is 0 Å². The van der Waals surface area contributed by atoms with Crippen molar-refractivity contribution in [3.05, 3.63) is 102 Å². The van der Waals surface area contributed by atoms with Crippen molar-refractivity contribution >= 4 is 40.3 Å². The maximum Gasteiger partial charge on any atom is 0.275 e. The number of rotatable bonds is 8. The number of aliphatic hydroxyl groups excluding tert-OH is 1. The highest BCUT2D eigenvalue weighted by Crippen LogP contribution is 2.24. The number of H-pyrrole nitrogens is 1. The molecule has 40 heavy (non-hydrogen) atoms. The quantitative estimate of drug-likeness (QED) is 0.232. The van der Waals surface area contributed by atoms with E-state index in [-0.39, 0.29) is 24.5 Å². The predicted octanol–water partition coefficient (Wildman–Crippen LogP) is 5.14. The van der Waals surface area contributed by atoms with Crippen LogP contribution in [0.2, 0.25) is 0 Å². The van der Waals surface area contributed by atoms with E-state index < -0.39 is 0 Å². The van der Waals surface area contributed by atoms with Crippen LogP contribution in [0.5, 0.6) is 0 Å². The Hall–Kier alpha value is -5.07. The molecule has 4 N–H and O–H groups in total. The van der Waals surface area contributed by atoms with Crippen molar-refractivity contribution in [1.82, 2.24) is 4.98 Å². The van der Waals surface area contributed by atoms with E-state index in [1.807, 2.05) is 66.7 Å². The molecule has 1 saturated heterocycles. The zero-order chi connectivity index (χ0) is 27.9. The largest absolute Gasteiger partial charge is 0.393 e. The number of amides is 2. The van der Waals surface area contributed by atoms with Crippen LogP contribution in [0.15, 0.2) is 91.1 Å². The van der Waals surface area contributed by atoms with E-state index in [1.165, 1.54) is 4.90 Å². The van der Waals surface area contributed by atoms with Gasteiger partial charge in [-0.05, 0) is 97.8 Å². The maximum absolute atomic E-state index is 12.8. The second kappa shape index (κ2) is 12.2. The Morgan fingerprint density at radius 1 is 0.925 bits per heavy atom. The van der Waals surface area contributed by atoms with Crippen molar-refractivity contribution in [3.8, 4) is 6.07 Å². The molecule has 2 heterocycles. The van der Waals surface area contributed by atoms with Crippen molar-refractivity contribution < 1.29 is 14.7 Å². The zero-order valence-electron chi connectivity index (χ0n) is 21.9. The van der Waals surface area contributed by atoms with Gasteiger partial charge in [-0.15, -0.1) is 0 Å². The molecule has 0 atom stereocenters. The van der Waals surface area contributed by atoms with Crippen molar-refractivity contribution in [3.63, 3.8) is 0 Å². The molecule has 4 aromatic rings. The Labute approximate surface area is 232 Å². The van der Waals surface area contributed by atoms with Crippen LogP contribution < -0.4 is 20.4 Å². The number of nitrogens with one attached hydrogen (secondary N) is 3. The summed E-state index contributed by atoms with van der Waals surface area (Å²) in [5.41, 5.74) is 4.98. The molecule has 0 bridgehead atoms. The first-order valence-corrected chi connectivity index (χ1v) is 13.1. The van der Waals surface area contributed by atoms with Gasteiger partial charge < -0.3 is 25.6 Å². The van der Waals surface area contributed by atoms with E-state index in [1.54, 1.807) is 30.5 Å². The van der Waals surface area contributed by atoms with Gasteiger partial charge in [0.1, 0.15) is 12.2 Å². The van der Waals surface area contributed by atoms with Gasteiger partial charge >= 0.3 is 0 Å². The van der Waals surface area contributed by atoms with E-state index >= 15 is 0 Å².